The van der Waals surface area contributed by atoms with Crippen LogP contribution in [0.25, 0.3) is 0 Å². The zero-order valence-electron chi connectivity index (χ0n) is 10.8. The number of ether oxygens (including phenoxy) is 1. The zero-order chi connectivity index (χ0) is 14.7. The Labute approximate surface area is 114 Å². The number of nitrogens with one attached hydrogen (secondary N) is 2. The van der Waals surface area contributed by atoms with Gasteiger partial charge in [0.05, 0.1) is 24.1 Å². The van der Waals surface area contributed by atoms with Crippen LogP contribution < -0.4 is 10.6 Å². The van der Waals surface area contributed by atoms with Gasteiger partial charge in [0, 0.05) is 12.1 Å². The maximum Gasteiger partial charge on any atom is 0.295 e. The van der Waals surface area contributed by atoms with Gasteiger partial charge in [-0.1, -0.05) is 6.07 Å². The second-order valence-corrected chi connectivity index (χ2v) is 4.42. The van der Waals surface area contributed by atoms with E-state index in [0.29, 0.717) is 6.61 Å². The normalized spacial score (nSPS) is 21.7. The molecule has 2 rings (SSSR count). The van der Waals surface area contributed by atoms with E-state index in [4.69, 9.17) is 4.74 Å². The van der Waals surface area contributed by atoms with Crippen molar-refractivity contribution in [3.8, 4) is 0 Å². The number of hydrogen-bond acceptors (Lipinski definition) is 5. The van der Waals surface area contributed by atoms with Crippen molar-refractivity contribution in [2.24, 2.45) is 5.92 Å². The molecule has 1 aliphatic heterocycles. The van der Waals surface area contributed by atoms with E-state index in [1.807, 2.05) is 0 Å². The molecule has 7 nitrogen and oxygen atoms in total. The zero-order valence-corrected chi connectivity index (χ0v) is 10.8. The first kappa shape index (κ1) is 14.4. The Balaban J connectivity index is 2.21. The summed E-state index contributed by atoms with van der Waals surface area (Å²) in [4.78, 5) is 22.2. The van der Waals surface area contributed by atoms with Gasteiger partial charge in [-0.15, -0.1) is 0 Å². The fourth-order valence-electron chi connectivity index (χ4n) is 2.10. The van der Waals surface area contributed by atoms with Crippen molar-refractivity contribution in [1.29, 1.82) is 0 Å². The topological polar surface area (TPSA) is 93.5 Å². The van der Waals surface area contributed by atoms with Crippen LogP contribution in [0.3, 0.4) is 0 Å². The number of benzene rings is 1. The first-order valence-electron chi connectivity index (χ1n) is 6.03. The third kappa shape index (κ3) is 2.75. The summed E-state index contributed by atoms with van der Waals surface area (Å²) in [6, 6.07) is 3.22. The predicted molar refractivity (Wildman–Crippen MR) is 68.8 cm³/mol. The quantitative estimate of drug-likeness (QED) is 0.632. The molecule has 0 radical (unpaired) electrons. The number of carbonyl (C=O) groups excluding carboxylic acids is 1. The first-order chi connectivity index (χ1) is 9.54. The molecule has 108 valence electrons. The van der Waals surface area contributed by atoms with Crippen molar-refractivity contribution >= 4 is 17.3 Å². The molecule has 8 heteroatoms. The molecule has 1 amide bonds. The summed E-state index contributed by atoms with van der Waals surface area (Å²) in [6.07, 6.45) is 0. The lowest BCUT2D eigenvalue weighted by Crippen LogP contribution is -2.39. The highest BCUT2D eigenvalue weighted by atomic mass is 19.1. The summed E-state index contributed by atoms with van der Waals surface area (Å²) in [5.41, 5.74) is -0.887. The van der Waals surface area contributed by atoms with Gasteiger partial charge in [-0.05, 0) is 13.1 Å². The van der Waals surface area contributed by atoms with Gasteiger partial charge in [0.1, 0.15) is 0 Å². The van der Waals surface area contributed by atoms with Gasteiger partial charge in [-0.3, -0.25) is 14.9 Å². The van der Waals surface area contributed by atoms with E-state index in [1.165, 1.54) is 6.07 Å². The third-order valence-corrected chi connectivity index (χ3v) is 3.22. The number of amides is 1. The number of carbonyl (C=O) groups is 1. The number of nitro groups is 1. The SMILES string of the molecule is CNC1COCC1C(=O)Nc1c(F)cccc1[N+](=O)[O-]. The molecule has 1 saturated heterocycles. The van der Waals surface area contributed by atoms with Gasteiger partial charge in [0.25, 0.3) is 5.69 Å². The molecule has 1 aromatic carbocycles. The standard InChI is InChI=1S/C12H14FN3O4/c1-14-9-6-20-5-7(9)12(17)15-11-8(13)3-2-4-10(11)16(18)19/h2-4,7,9,14H,5-6H2,1H3,(H,15,17). The fraction of sp³-hybridized carbons (Fsp3) is 0.417. The number of halogens is 1. The summed E-state index contributed by atoms with van der Waals surface area (Å²) in [5, 5.41) is 16.1. The van der Waals surface area contributed by atoms with Crippen LogP contribution in [0.15, 0.2) is 18.2 Å². The minimum absolute atomic E-state index is 0.194. The Kier molecular flexibility index (Phi) is 4.26. The second kappa shape index (κ2) is 5.93. The number of anilines is 1. The van der Waals surface area contributed by atoms with Crippen LogP contribution in [0.5, 0.6) is 0 Å². The van der Waals surface area contributed by atoms with Crippen LogP contribution in [0.4, 0.5) is 15.8 Å². The average Bonchev–Trinajstić information content (AvgIpc) is 2.89. The van der Waals surface area contributed by atoms with Crippen molar-refractivity contribution in [2.75, 3.05) is 25.6 Å². The maximum atomic E-state index is 13.7. The molecule has 0 aromatic heterocycles. The molecule has 0 spiro atoms. The van der Waals surface area contributed by atoms with Crippen LogP contribution in [0.2, 0.25) is 0 Å². The van der Waals surface area contributed by atoms with Crippen LogP contribution in [0, 0.1) is 21.8 Å². The van der Waals surface area contributed by atoms with Gasteiger partial charge in [0.15, 0.2) is 11.5 Å². The van der Waals surface area contributed by atoms with Gasteiger partial charge in [-0.2, -0.15) is 0 Å². The Bertz CT molecular complexity index is 537. The fourth-order valence-corrected chi connectivity index (χ4v) is 2.10. The summed E-state index contributed by atoms with van der Waals surface area (Å²) in [6.45, 7) is 0.563. The predicted octanol–water partition coefficient (Wildman–Crippen LogP) is 0.907. The monoisotopic (exact) mass is 283 g/mol. The molecule has 0 aliphatic carbocycles. The highest BCUT2D eigenvalue weighted by molar-refractivity contribution is 5.95. The number of nitrogens with zero attached hydrogens (tertiary/aromatic N) is 1. The van der Waals surface area contributed by atoms with Crippen LogP contribution in [-0.4, -0.2) is 37.1 Å². The van der Waals surface area contributed by atoms with Gasteiger partial charge in [-0.25, -0.2) is 4.39 Å². The minimum Gasteiger partial charge on any atom is -0.379 e. The van der Waals surface area contributed by atoms with E-state index in [9.17, 15) is 19.3 Å². The number of nitro benzene ring substituents is 1. The molecule has 0 saturated carbocycles. The minimum atomic E-state index is -0.840. The molecule has 2 atom stereocenters. The average molecular weight is 283 g/mol. The van der Waals surface area contributed by atoms with E-state index in [-0.39, 0.29) is 12.6 Å². The third-order valence-electron chi connectivity index (χ3n) is 3.22. The number of hydrogen-bond donors (Lipinski definition) is 2. The lowest BCUT2D eigenvalue weighted by molar-refractivity contribution is -0.384. The Morgan fingerprint density at radius 1 is 1.50 bits per heavy atom. The van der Waals surface area contributed by atoms with Gasteiger partial charge >= 0.3 is 0 Å². The van der Waals surface area contributed by atoms with Crippen molar-refractivity contribution in [3.63, 3.8) is 0 Å². The largest absolute Gasteiger partial charge is 0.379 e. The molecule has 1 fully saturated rings. The van der Waals surface area contributed by atoms with Gasteiger partial charge in [0.2, 0.25) is 5.91 Å². The maximum absolute atomic E-state index is 13.7. The van der Waals surface area contributed by atoms with E-state index in [0.717, 1.165) is 12.1 Å². The summed E-state index contributed by atoms with van der Waals surface area (Å²) in [7, 11) is 1.69. The smallest absolute Gasteiger partial charge is 0.295 e. The lowest BCUT2D eigenvalue weighted by Gasteiger charge is -2.16. The van der Waals surface area contributed by atoms with E-state index in [2.05, 4.69) is 10.6 Å². The van der Waals surface area contributed by atoms with E-state index in [1.54, 1.807) is 7.05 Å². The van der Waals surface area contributed by atoms with Crippen LogP contribution in [-0.2, 0) is 9.53 Å². The van der Waals surface area contributed by atoms with Crippen molar-refractivity contribution in [3.05, 3.63) is 34.1 Å². The molecule has 1 aromatic rings. The number of para-hydroxylation sites is 1. The number of rotatable bonds is 4. The van der Waals surface area contributed by atoms with E-state index < -0.39 is 33.9 Å². The summed E-state index contributed by atoms with van der Waals surface area (Å²) in [5.74, 6) is -1.86. The van der Waals surface area contributed by atoms with Crippen molar-refractivity contribution in [1.82, 2.24) is 5.32 Å². The van der Waals surface area contributed by atoms with Crippen LogP contribution >= 0.6 is 0 Å². The summed E-state index contributed by atoms with van der Waals surface area (Å²) < 4.78 is 18.8. The first-order valence-corrected chi connectivity index (χ1v) is 6.03. The highest BCUT2D eigenvalue weighted by Gasteiger charge is 2.34. The highest BCUT2D eigenvalue weighted by Crippen LogP contribution is 2.28. The molecular formula is C12H14FN3O4. The number of likely N-dealkylation sites (N-methyl/N-ethyl adjacent to an activating group) is 1. The molecular weight excluding hydrogens is 269 g/mol. The molecule has 0 bridgehead atoms. The van der Waals surface area contributed by atoms with Crippen molar-refractivity contribution in [2.45, 2.75) is 6.04 Å². The lowest BCUT2D eigenvalue weighted by atomic mass is 10.0. The molecule has 2 unspecified atom stereocenters. The molecule has 1 heterocycles. The molecule has 2 N–H and O–H groups in total. The van der Waals surface area contributed by atoms with E-state index >= 15 is 0 Å². The second-order valence-electron chi connectivity index (χ2n) is 4.42. The Hall–Kier alpha value is -2.06. The molecule has 20 heavy (non-hydrogen) atoms. The Morgan fingerprint density at radius 2 is 2.25 bits per heavy atom. The van der Waals surface area contributed by atoms with Crippen LogP contribution in [0.1, 0.15) is 0 Å². The Morgan fingerprint density at radius 3 is 2.90 bits per heavy atom. The molecule has 1 aliphatic rings. The summed E-state index contributed by atoms with van der Waals surface area (Å²) >= 11 is 0. The van der Waals surface area contributed by atoms with Gasteiger partial charge < -0.3 is 15.4 Å². The van der Waals surface area contributed by atoms with Crippen molar-refractivity contribution < 1.29 is 18.8 Å².